The molecule has 1 heterocycles. The largest absolute Gasteiger partial charge is 0.493 e. The molecule has 4 nitrogen and oxygen atoms in total. The number of nitrogens with zero attached hydrogens (tertiary/aromatic N) is 1. The van der Waals surface area contributed by atoms with E-state index in [1.165, 1.54) is 5.56 Å². The Morgan fingerprint density at radius 3 is 2.89 bits per heavy atom. The van der Waals surface area contributed by atoms with Gasteiger partial charge in [-0.3, -0.25) is 9.69 Å². The summed E-state index contributed by atoms with van der Waals surface area (Å²) in [5.41, 5.74) is 1.47. The molecule has 0 saturated heterocycles. The third-order valence-electron chi connectivity index (χ3n) is 3.65. The van der Waals surface area contributed by atoms with Crippen molar-refractivity contribution in [2.75, 3.05) is 13.7 Å². The van der Waals surface area contributed by atoms with Gasteiger partial charge in [-0.1, -0.05) is 12.1 Å². The van der Waals surface area contributed by atoms with Crippen LogP contribution >= 0.6 is 0 Å². The molecule has 0 bridgehead atoms. The van der Waals surface area contributed by atoms with Gasteiger partial charge in [0.05, 0.1) is 6.61 Å². The van der Waals surface area contributed by atoms with Crippen molar-refractivity contribution in [2.45, 2.75) is 32.4 Å². The third-order valence-corrected chi connectivity index (χ3v) is 3.65. The van der Waals surface area contributed by atoms with Crippen molar-refractivity contribution in [1.82, 2.24) is 4.90 Å². The van der Waals surface area contributed by atoms with Crippen molar-refractivity contribution < 1.29 is 14.6 Å². The first kappa shape index (κ1) is 12.9. The van der Waals surface area contributed by atoms with Gasteiger partial charge in [0, 0.05) is 13.0 Å². The summed E-state index contributed by atoms with van der Waals surface area (Å²) < 4.78 is 5.46. The van der Waals surface area contributed by atoms with Crippen LogP contribution in [0.1, 0.15) is 25.0 Å². The quantitative estimate of drug-likeness (QED) is 0.885. The molecule has 1 aliphatic rings. The maximum atomic E-state index is 11.2. The molecular formula is C14H19NO3. The molecular weight excluding hydrogens is 230 g/mol. The van der Waals surface area contributed by atoms with Crippen molar-refractivity contribution in [3.63, 3.8) is 0 Å². The van der Waals surface area contributed by atoms with E-state index in [-0.39, 0.29) is 0 Å². The van der Waals surface area contributed by atoms with Crippen LogP contribution in [0.3, 0.4) is 0 Å². The molecule has 0 aromatic heterocycles. The molecule has 4 heteroatoms. The van der Waals surface area contributed by atoms with Gasteiger partial charge in [0.2, 0.25) is 0 Å². The van der Waals surface area contributed by atoms with Crippen molar-refractivity contribution in [1.29, 1.82) is 0 Å². The fourth-order valence-electron chi connectivity index (χ4n) is 1.97. The monoisotopic (exact) mass is 249 g/mol. The molecule has 2 rings (SSSR count). The second kappa shape index (κ2) is 4.61. The second-order valence-corrected chi connectivity index (χ2v) is 5.26. The Morgan fingerprint density at radius 1 is 1.50 bits per heavy atom. The maximum Gasteiger partial charge on any atom is 0.323 e. The molecule has 1 N–H and O–H groups in total. The number of likely N-dealkylation sites (N-methyl/N-ethyl adjacent to an activating group) is 1. The van der Waals surface area contributed by atoms with E-state index >= 15 is 0 Å². The summed E-state index contributed by atoms with van der Waals surface area (Å²) in [5.74, 6) is 0.147. The number of benzene rings is 1. The van der Waals surface area contributed by atoms with E-state index < -0.39 is 11.5 Å². The summed E-state index contributed by atoms with van der Waals surface area (Å²) in [7, 11) is 1.83. The average Bonchev–Trinajstić information content (AvgIpc) is 2.75. The zero-order valence-electron chi connectivity index (χ0n) is 11.1. The summed E-state index contributed by atoms with van der Waals surface area (Å²) in [4.78, 5) is 13.0. The first-order valence-corrected chi connectivity index (χ1v) is 6.10. The fourth-order valence-corrected chi connectivity index (χ4v) is 1.97. The number of aliphatic carboxylic acids is 1. The van der Waals surface area contributed by atoms with Gasteiger partial charge in [0.1, 0.15) is 11.3 Å². The summed E-state index contributed by atoms with van der Waals surface area (Å²) in [6.07, 6.45) is 0.940. The molecule has 0 saturated carbocycles. The van der Waals surface area contributed by atoms with Crippen molar-refractivity contribution >= 4 is 5.97 Å². The number of hydrogen-bond acceptors (Lipinski definition) is 3. The molecule has 98 valence electrons. The van der Waals surface area contributed by atoms with E-state index in [9.17, 15) is 9.90 Å². The molecule has 1 aromatic rings. The second-order valence-electron chi connectivity index (χ2n) is 5.26. The van der Waals surface area contributed by atoms with E-state index in [1.54, 1.807) is 13.8 Å². The zero-order valence-corrected chi connectivity index (χ0v) is 11.1. The van der Waals surface area contributed by atoms with Gasteiger partial charge >= 0.3 is 5.97 Å². The topological polar surface area (TPSA) is 49.8 Å². The van der Waals surface area contributed by atoms with Crippen LogP contribution in [0.15, 0.2) is 18.2 Å². The number of carboxylic acids is 1. The van der Waals surface area contributed by atoms with Gasteiger partial charge in [-0.15, -0.1) is 0 Å². The molecule has 0 amide bonds. The first-order valence-electron chi connectivity index (χ1n) is 6.10. The summed E-state index contributed by atoms with van der Waals surface area (Å²) >= 11 is 0. The van der Waals surface area contributed by atoms with Gasteiger partial charge in [0.25, 0.3) is 0 Å². The van der Waals surface area contributed by atoms with E-state index in [0.717, 1.165) is 24.3 Å². The lowest BCUT2D eigenvalue weighted by molar-refractivity contribution is -0.148. The highest BCUT2D eigenvalue weighted by atomic mass is 16.5. The van der Waals surface area contributed by atoms with E-state index in [1.807, 2.05) is 24.1 Å². The van der Waals surface area contributed by atoms with Crippen LogP contribution in [0.5, 0.6) is 5.75 Å². The van der Waals surface area contributed by atoms with Gasteiger partial charge < -0.3 is 9.84 Å². The molecule has 0 aliphatic carbocycles. The van der Waals surface area contributed by atoms with Gasteiger partial charge in [-0.2, -0.15) is 0 Å². The minimum Gasteiger partial charge on any atom is -0.493 e. The van der Waals surface area contributed by atoms with E-state index in [0.29, 0.717) is 6.54 Å². The number of ether oxygens (including phenoxy) is 1. The molecule has 1 aliphatic heterocycles. The van der Waals surface area contributed by atoms with Crippen molar-refractivity contribution in [3.05, 3.63) is 29.3 Å². The highest BCUT2D eigenvalue weighted by molar-refractivity contribution is 5.77. The zero-order chi connectivity index (χ0) is 13.3. The van der Waals surface area contributed by atoms with Gasteiger partial charge in [0.15, 0.2) is 0 Å². The lowest BCUT2D eigenvalue weighted by Gasteiger charge is -2.31. The summed E-state index contributed by atoms with van der Waals surface area (Å²) in [6, 6.07) is 6.08. The predicted octanol–water partition coefficient (Wildman–Crippen LogP) is 1.92. The van der Waals surface area contributed by atoms with E-state index in [2.05, 4.69) is 6.07 Å². The molecule has 0 atom stereocenters. The Kier molecular flexibility index (Phi) is 3.30. The molecule has 18 heavy (non-hydrogen) atoms. The summed E-state index contributed by atoms with van der Waals surface area (Å²) in [5, 5.41) is 9.18. The lowest BCUT2D eigenvalue weighted by atomic mass is 10.0. The van der Waals surface area contributed by atoms with E-state index in [4.69, 9.17) is 4.74 Å². The van der Waals surface area contributed by atoms with Gasteiger partial charge in [-0.25, -0.2) is 0 Å². The lowest BCUT2D eigenvalue weighted by Crippen LogP contribution is -2.47. The van der Waals surface area contributed by atoms with Crippen LogP contribution < -0.4 is 4.74 Å². The predicted molar refractivity (Wildman–Crippen MR) is 68.8 cm³/mol. The van der Waals surface area contributed by atoms with Crippen LogP contribution in [0.4, 0.5) is 0 Å². The van der Waals surface area contributed by atoms with Gasteiger partial charge in [-0.05, 0) is 38.1 Å². The number of carbonyl (C=O) groups is 1. The van der Waals surface area contributed by atoms with Crippen LogP contribution in [0.25, 0.3) is 0 Å². The molecule has 0 spiro atoms. The highest BCUT2D eigenvalue weighted by Crippen LogP contribution is 2.27. The van der Waals surface area contributed by atoms with Crippen LogP contribution in [-0.2, 0) is 17.8 Å². The molecule has 0 unspecified atom stereocenters. The third kappa shape index (κ3) is 2.34. The molecule has 0 fully saturated rings. The standard InChI is InChI=1S/C14H19NO3/c1-14(2,13(16)17)15(3)9-10-4-5-12-11(8-10)6-7-18-12/h4-5,8H,6-7,9H2,1-3H3,(H,16,17). The minimum absolute atomic E-state index is 0.618. The van der Waals surface area contributed by atoms with Crippen molar-refractivity contribution in [3.8, 4) is 5.75 Å². The summed E-state index contributed by atoms with van der Waals surface area (Å²) in [6.45, 7) is 4.79. The highest BCUT2D eigenvalue weighted by Gasteiger charge is 2.31. The van der Waals surface area contributed by atoms with Crippen LogP contribution in [0, 0.1) is 0 Å². The van der Waals surface area contributed by atoms with Crippen molar-refractivity contribution in [2.24, 2.45) is 0 Å². The smallest absolute Gasteiger partial charge is 0.323 e. The Hall–Kier alpha value is -1.55. The Morgan fingerprint density at radius 2 is 2.22 bits per heavy atom. The molecule has 0 radical (unpaired) electrons. The normalized spacial score (nSPS) is 14.4. The Balaban J connectivity index is 2.12. The average molecular weight is 249 g/mol. The minimum atomic E-state index is -0.866. The number of fused-ring (bicyclic) bond motifs is 1. The first-order chi connectivity index (χ1) is 8.41. The Labute approximate surface area is 107 Å². The number of rotatable bonds is 4. The molecule has 1 aromatic carbocycles. The fraction of sp³-hybridized carbons (Fsp3) is 0.500. The number of hydrogen-bond donors (Lipinski definition) is 1. The van der Waals surface area contributed by atoms with Crippen LogP contribution in [0.2, 0.25) is 0 Å². The maximum absolute atomic E-state index is 11.2. The SMILES string of the molecule is CN(Cc1ccc2c(c1)CCO2)C(C)(C)C(=O)O. The van der Waals surface area contributed by atoms with Crippen LogP contribution in [-0.4, -0.2) is 35.2 Å². The Bertz CT molecular complexity index is 468. The number of carboxylic acid groups (broad SMARTS) is 1.